The lowest BCUT2D eigenvalue weighted by molar-refractivity contribution is -0.137. The first-order chi connectivity index (χ1) is 9.82. The number of benzene rings is 1. The number of anilines is 1. The van der Waals surface area contributed by atoms with Gasteiger partial charge in [-0.3, -0.25) is 4.98 Å². The molecule has 2 aromatic rings. The van der Waals surface area contributed by atoms with Crippen LogP contribution in [0.3, 0.4) is 0 Å². The van der Waals surface area contributed by atoms with E-state index in [1.807, 2.05) is 32.0 Å². The summed E-state index contributed by atoms with van der Waals surface area (Å²) >= 11 is 0. The fourth-order valence-electron chi connectivity index (χ4n) is 2.14. The minimum Gasteiger partial charge on any atom is -0.377 e. The zero-order valence-corrected chi connectivity index (χ0v) is 12.2. The molecule has 0 saturated carbocycles. The van der Waals surface area contributed by atoms with Crippen LogP contribution in [0.15, 0.2) is 36.5 Å². The van der Waals surface area contributed by atoms with Crippen molar-refractivity contribution in [2.45, 2.75) is 19.5 Å². The van der Waals surface area contributed by atoms with Crippen LogP contribution in [0.4, 0.5) is 18.9 Å². The molecule has 0 radical (unpaired) electrons. The smallest absolute Gasteiger partial charge is 0.377 e. The number of hydrogen-bond acceptors (Lipinski definition) is 2. The molecule has 0 aliphatic carbocycles. The first-order valence-corrected chi connectivity index (χ1v) is 6.66. The second-order valence-corrected chi connectivity index (χ2v) is 5.02. The Hall–Kier alpha value is -2.04. The van der Waals surface area contributed by atoms with E-state index in [0.29, 0.717) is 11.1 Å². The maximum absolute atomic E-state index is 12.8. The summed E-state index contributed by atoms with van der Waals surface area (Å²) < 4.78 is 38.5. The van der Waals surface area contributed by atoms with E-state index in [1.54, 1.807) is 12.3 Å². The molecule has 0 N–H and O–H groups in total. The molecular formula is C16H17F3N2. The highest BCUT2D eigenvalue weighted by molar-refractivity contribution is 5.78. The highest BCUT2D eigenvalue weighted by atomic mass is 19.4. The Labute approximate surface area is 122 Å². The summed E-state index contributed by atoms with van der Waals surface area (Å²) in [6.07, 6.45) is -1.92. The van der Waals surface area contributed by atoms with E-state index in [4.69, 9.17) is 0 Å². The largest absolute Gasteiger partial charge is 0.416 e. The lowest BCUT2D eigenvalue weighted by Crippen LogP contribution is -2.11. The summed E-state index contributed by atoms with van der Waals surface area (Å²) in [7, 11) is 3.73. The Balaban J connectivity index is 2.56. The van der Waals surface area contributed by atoms with Crippen LogP contribution in [-0.4, -0.2) is 19.1 Å². The van der Waals surface area contributed by atoms with E-state index in [1.165, 1.54) is 6.07 Å². The molecule has 112 valence electrons. The molecule has 0 saturated heterocycles. The second-order valence-electron chi connectivity index (χ2n) is 5.02. The number of pyridine rings is 1. The number of hydrogen-bond donors (Lipinski definition) is 0. The van der Waals surface area contributed by atoms with Gasteiger partial charge >= 0.3 is 6.18 Å². The number of aryl methyl sites for hydroxylation is 1. The third-order valence-corrected chi connectivity index (χ3v) is 3.28. The van der Waals surface area contributed by atoms with E-state index in [2.05, 4.69) is 4.98 Å². The van der Waals surface area contributed by atoms with E-state index < -0.39 is 11.7 Å². The third-order valence-electron chi connectivity index (χ3n) is 3.28. The molecule has 1 aromatic carbocycles. The molecule has 0 amide bonds. The van der Waals surface area contributed by atoms with Crippen LogP contribution in [-0.2, 0) is 12.6 Å². The second kappa shape index (κ2) is 5.76. The van der Waals surface area contributed by atoms with Crippen molar-refractivity contribution in [3.05, 3.63) is 47.8 Å². The first kappa shape index (κ1) is 15.4. The van der Waals surface area contributed by atoms with Crippen molar-refractivity contribution >= 4 is 5.69 Å². The van der Waals surface area contributed by atoms with Gasteiger partial charge in [0.2, 0.25) is 0 Å². The van der Waals surface area contributed by atoms with Crippen LogP contribution in [0.2, 0.25) is 0 Å². The summed E-state index contributed by atoms with van der Waals surface area (Å²) in [5.41, 5.74) is 2.34. The van der Waals surface area contributed by atoms with Crippen molar-refractivity contribution in [1.29, 1.82) is 0 Å². The lowest BCUT2D eigenvalue weighted by atomic mass is 10.0. The van der Waals surface area contributed by atoms with Gasteiger partial charge in [0.15, 0.2) is 0 Å². The van der Waals surface area contributed by atoms with Gasteiger partial charge in [0.05, 0.1) is 5.56 Å². The molecular weight excluding hydrogens is 277 g/mol. The normalized spacial score (nSPS) is 11.5. The van der Waals surface area contributed by atoms with Crippen molar-refractivity contribution in [3.63, 3.8) is 0 Å². The van der Waals surface area contributed by atoms with Gasteiger partial charge in [-0.15, -0.1) is 0 Å². The van der Waals surface area contributed by atoms with Crippen molar-refractivity contribution < 1.29 is 13.2 Å². The molecule has 2 rings (SSSR count). The highest BCUT2D eigenvalue weighted by Gasteiger charge is 2.30. The van der Waals surface area contributed by atoms with Gasteiger partial charge in [0.25, 0.3) is 0 Å². The summed E-state index contributed by atoms with van der Waals surface area (Å²) in [5, 5.41) is 0. The molecule has 0 spiro atoms. The number of nitrogens with zero attached hydrogens (tertiary/aromatic N) is 2. The van der Waals surface area contributed by atoms with Gasteiger partial charge in [-0.1, -0.05) is 19.1 Å². The van der Waals surface area contributed by atoms with Gasteiger partial charge in [0, 0.05) is 37.2 Å². The Kier molecular flexibility index (Phi) is 4.21. The minimum absolute atomic E-state index is 0.517. The monoisotopic (exact) mass is 294 g/mol. The van der Waals surface area contributed by atoms with Crippen molar-refractivity contribution in [1.82, 2.24) is 4.98 Å². The summed E-state index contributed by atoms with van der Waals surface area (Å²) in [6.45, 7) is 1.99. The predicted molar refractivity (Wildman–Crippen MR) is 78.4 cm³/mol. The summed E-state index contributed by atoms with van der Waals surface area (Å²) in [6, 6.07) is 7.24. The Morgan fingerprint density at radius 2 is 1.86 bits per heavy atom. The fourth-order valence-corrected chi connectivity index (χ4v) is 2.14. The third kappa shape index (κ3) is 3.35. The van der Waals surface area contributed by atoms with Crippen molar-refractivity contribution in [2.75, 3.05) is 19.0 Å². The quantitative estimate of drug-likeness (QED) is 0.834. The number of halogens is 3. The minimum atomic E-state index is -4.34. The van der Waals surface area contributed by atoms with Gasteiger partial charge in [0.1, 0.15) is 0 Å². The molecule has 0 aliphatic rings. The van der Waals surface area contributed by atoms with Crippen LogP contribution in [0.5, 0.6) is 0 Å². The Morgan fingerprint density at radius 3 is 2.43 bits per heavy atom. The predicted octanol–water partition coefficient (Wildman–Crippen LogP) is 4.40. The van der Waals surface area contributed by atoms with Crippen molar-refractivity contribution in [3.8, 4) is 11.1 Å². The van der Waals surface area contributed by atoms with Crippen LogP contribution >= 0.6 is 0 Å². The van der Waals surface area contributed by atoms with Gasteiger partial charge in [-0.2, -0.15) is 13.2 Å². The van der Waals surface area contributed by atoms with Crippen LogP contribution in [0.25, 0.3) is 11.1 Å². The molecule has 0 unspecified atom stereocenters. The molecule has 5 heteroatoms. The Morgan fingerprint density at radius 1 is 1.14 bits per heavy atom. The molecule has 2 nitrogen and oxygen atoms in total. The van der Waals surface area contributed by atoms with E-state index >= 15 is 0 Å². The number of aromatic nitrogens is 1. The topological polar surface area (TPSA) is 16.1 Å². The van der Waals surface area contributed by atoms with Gasteiger partial charge in [-0.05, 0) is 30.2 Å². The molecule has 1 aromatic heterocycles. The molecule has 1 heterocycles. The Bertz CT molecular complexity index is 634. The molecule has 0 bridgehead atoms. The highest BCUT2D eigenvalue weighted by Crippen LogP contribution is 2.35. The summed E-state index contributed by atoms with van der Waals surface area (Å²) in [5.74, 6) is 0. The zero-order valence-electron chi connectivity index (χ0n) is 12.2. The zero-order chi connectivity index (χ0) is 15.6. The van der Waals surface area contributed by atoms with Gasteiger partial charge < -0.3 is 4.90 Å². The van der Waals surface area contributed by atoms with Crippen molar-refractivity contribution in [2.24, 2.45) is 0 Å². The summed E-state index contributed by atoms with van der Waals surface area (Å²) in [4.78, 5) is 6.19. The maximum atomic E-state index is 12.8. The molecule has 0 fully saturated rings. The SMILES string of the molecule is CCc1cc(N(C)C)c(-c2cccc(C(F)(F)F)c2)cn1. The maximum Gasteiger partial charge on any atom is 0.416 e. The number of alkyl halides is 3. The van der Waals surface area contributed by atoms with E-state index in [9.17, 15) is 13.2 Å². The first-order valence-electron chi connectivity index (χ1n) is 6.66. The lowest BCUT2D eigenvalue weighted by Gasteiger charge is -2.19. The van der Waals surface area contributed by atoms with E-state index in [0.717, 1.165) is 29.9 Å². The molecule has 0 atom stereocenters. The van der Waals surface area contributed by atoms with Crippen LogP contribution in [0.1, 0.15) is 18.2 Å². The van der Waals surface area contributed by atoms with Crippen LogP contribution in [0, 0.1) is 0 Å². The molecule has 0 aliphatic heterocycles. The average Bonchev–Trinajstić information content (AvgIpc) is 2.45. The van der Waals surface area contributed by atoms with Crippen LogP contribution < -0.4 is 4.90 Å². The standard InChI is InChI=1S/C16H17F3N2/c1-4-13-9-15(21(2)3)14(10-20-13)11-6-5-7-12(8-11)16(17,18)19/h5-10H,4H2,1-3H3. The average molecular weight is 294 g/mol. The fraction of sp³-hybridized carbons (Fsp3) is 0.312. The molecule has 21 heavy (non-hydrogen) atoms. The number of rotatable bonds is 3. The van der Waals surface area contributed by atoms with E-state index in [-0.39, 0.29) is 0 Å². The van der Waals surface area contributed by atoms with Gasteiger partial charge in [-0.25, -0.2) is 0 Å².